The molecule has 0 atom stereocenters. The van der Waals surface area contributed by atoms with Gasteiger partial charge in [0.1, 0.15) is 5.52 Å². The quantitative estimate of drug-likeness (QED) is 0.775. The molecule has 2 aromatic heterocycles. The van der Waals surface area contributed by atoms with Gasteiger partial charge in [0.25, 0.3) is 0 Å². The zero-order chi connectivity index (χ0) is 13.2. The van der Waals surface area contributed by atoms with E-state index in [9.17, 15) is 4.39 Å². The van der Waals surface area contributed by atoms with Gasteiger partial charge in [-0.15, -0.1) is 5.10 Å². The van der Waals surface area contributed by atoms with Crippen LogP contribution in [0.5, 0.6) is 0 Å². The molecule has 0 spiro atoms. The van der Waals surface area contributed by atoms with E-state index >= 15 is 0 Å². The molecule has 0 aliphatic rings. The summed E-state index contributed by atoms with van der Waals surface area (Å²) in [5.41, 5.74) is 1.99. The average Bonchev–Trinajstić information content (AvgIpc) is 2.85. The summed E-state index contributed by atoms with van der Waals surface area (Å²) in [6, 6.07) is 9.03. The van der Waals surface area contributed by atoms with E-state index in [0.29, 0.717) is 17.6 Å². The van der Waals surface area contributed by atoms with E-state index in [1.807, 2.05) is 24.3 Å². The van der Waals surface area contributed by atoms with Crippen molar-refractivity contribution >= 4 is 11.0 Å². The van der Waals surface area contributed by atoms with Gasteiger partial charge in [0.15, 0.2) is 11.6 Å². The summed E-state index contributed by atoms with van der Waals surface area (Å²) in [4.78, 5) is 4.07. The van der Waals surface area contributed by atoms with Gasteiger partial charge in [-0.2, -0.15) is 4.68 Å². The summed E-state index contributed by atoms with van der Waals surface area (Å²) < 4.78 is 15.8. The Morgan fingerprint density at radius 3 is 2.95 bits per heavy atom. The Balaban J connectivity index is 2.19. The van der Waals surface area contributed by atoms with Crippen LogP contribution in [-0.4, -0.2) is 27.0 Å². The molecule has 5 nitrogen and oxygen atoms in total. The first-order chi connectivity index (χ1) is 9.31. The minimum atomic E-state index is -0.382. The molecule has 0 amide bonds. The number of hydrogen-bond acceptors (Lipinski definition) is 4. The Labute approximate surface area is 109 Å². The number of pyridine rings is 1. The van der Waals surface area contributed by atoms with Crippen LogP contribution in [0.25, 0.3) is 16.9 Å². The number of nitrogens with zero attached hydrogens (tertiary/aromatic N) is 4. The molecule has 0 saturated heterocycles. The lowest BCUT2D eigenvalue weighted by Gasteiger charge is -2.07. The third kappa shape index (κ3) is 1.96. The molecule has 2 heterocycles. The van der Waals surface area contributed by atoms with E-state index in [1.54, 1.807) is 19.3 Å². The highest BCUT2D eigenvalue weighted by Crippen LogP contribution is 2.18. The van der Waals surface area contributed by atoms with Crippen LogP contribution in [0.15, 0.2) is 36.5 Å². The summed E-state index contributed by atoms with van der Waals surface area (Å²) in [5, 5.41) is 10.9. The molecular weight excluding hydrogens is 245 g/mol. The molecule has 3 aromatic rings. The second-order valence-electron chi connectivity index (χ2n) is 4.13. The minimum absolute atomic E-state index is 0.168. The van der Waals surface area contributed by atoms with Gasteiger partial charge >= 0.3 is 0 Å². The standard InChI is InChI=1S/C13H12FN5/c1-15-8-9-6-7-16-13(12(9)14)19-11-5-3-2-4-10(11)17-18-19/h2-7,15H,8H2,1H3. The van der Waals surface area contributed by atoms with Crippen LogP contribution in [0.4, 0.5) is 4.39 Å². The summed E-state index contributed by atoms with van der Waals surface area (Å²) in [5.74, 6) is -0.214. The van der Waals surface area contributed by atoms with Gasteiger partial charge in [0, 0.05) is 18.3 Å². The van der Waals surface area contributed by atoms with E-state index in [4.69, 9.17) is 0 Å². The van der Waals surface area contributed by atoms with Gasteiger partial charge in [-0.05, 0) is 25.2 Å². The highest BCUT2D eigenvalue weighted by atomic mass is 19.1. The smallest absolute Gasteiger partial charge is 0.192 e. The Bertz CT molecular complexity index is 722. The Kier molecular flexibility index (Phi) is 2.92. The molecule has 0 radical (unpaired) electrons. The highest BCUT2D eigenvalue weighted by molar-refractivity contribution is 5.75. The number of para-hydroxylation sites is 1. The first-order valence-corrected chi connectivity index (χ1v) is 5.90. The lowest BCUT2D eigenvalue weighted by atomic mass is 10.2. The van der Waals surface area contributed by atoms with Crippen molar-refractivity contribution in [3.8, 4) is 5.82 Å². The number of halogens is 1. The fraction of sp³-hybridized carbons (Fsp3) is 0.154. The zero-order valence-electron chi connectivity index (χ0n) is 10.3. The third-order valence-corrected chi connectivity index (χ3v) is 2.87. The summed E-state index contributed by atoms with van der Waals surface area (Å²) in [6.45, 7) is 0.438. The van der Waals surface area contributed by atoms with Crippen LogP contribution in [0.1, 0.15) is 5.56 Å². The topological polar surface area (TPSA) is 55.6 Å². The molecule has 0 aliphatic carbocycles. The molecule has 96 valence electrons. The molecule has 0 saturated carbocycles. The van der Waals surface area contributed by atoms with E-state index in [-0.39, 0.29) is 11.6 Å². The van der Waals surface area contributed by atoms with Gasteiger partial charge in [0.2, 0.25) is 0 Å². The van der Waals surface area contributed by atoms with Crippen molar-refractivity contribution in [2.75, 3.05) is 7.05 Å². The maximum absolute atomic E-state index is 14.4. The second kappa shape index (κ2) is 4.74. The molecule has 19 heavy (non-hydrogen) atoms. The fourth-order valence-electron chi connectivity index (χ4n) is 1.97. The fourth-order valence-corrected chi connectivity index (χ4v) is 1.97. The summed E-state index contributed by atoms with van der Waals surface area (Å²) in [7, 11) is 1.77. The normalized spacial score (nSPS) is 11.1. The van der Waals surface area contributed by atoms with Crippen LogP contribution in [0.3, 0.4) is 0 Å². The number of benzene rings is 1. The summed E-state index contributed by atoms with van der Waals surface area (Å²) in [6.07, 6.45) is 1.57. The average molecular weight is 257 g/mol. The maximum atomic E-state index is 14.4. The van der Waals surface area contributed by atoms with Gasteiger partial charge in [0.05, 0.1) is 5.52 Å². The monoisotopic (exact) mass is 257 g/mol. The van der Waals surface area contributed by atoms with Crippen LogP contribution < -0.4 is 5.32 Å². The van der Waals surface area contributed by atoms with Crippen molar-refractivity contribution in [1.29, 1.82) is 0 Å². The first kappa shape index (κ1) is 11.7. The zero-order valence-corrected chi connectivity index (χ0v) is 10.3. The Morgan fingerprint density at radius 1 is 1.26 bits per heavy atom. The van der Waals surface area contributed by atoms with Crippen LogP contribution in [0.2, 0.25) is 0 Å². The van der Waals surface area contributed by atoms with Crippen LogP contribution in [0, 0.1) is 5.82 Å². The minimum Gasteiger partial charge on any atom is -0.316 e. The molecule has 1 N–H and O–H groups in total. The van der Waals surface area contributed by atoms with Gasteiger partial charge in [-0.3, -0.25) is 0 Å². The number of fused-ring (bicyclic) bond motifs is 1. The van der Waals surface area contributed by atoms with Crippen molar-refractivity contribution in [2.45, 2.75) is 6.54 Å². The largest absolute Gasteiger partial charge is 0.316 e. The molecule has 0 bridgehead atoms. The predicted molar refractivity (Wildman–Crippen MR) is 69.4 cm³/mol. The lowest BCUT2D eigenvalue weighted by molar-refractivity contribution is 0.576. The molecule has 6 heteroatoms. The molecular formula is C13H12FN5. The number of hydrogen-bond donors (Lipinski definition) is 1. The van der Waals surface area contributed by atoms with Crippen molar-refractivity contribution in [3.63, 3.8) is 0 Å². The summed E-state index contributed by atoms with van der Waals surface area (Å²) >= 11 is 0. The highest BCUT2D eigenvalue weighted by Gasteiger charge is 2.14. The van der Waals surface area contributed by atoms with Crippen molar-refractivity contribution in [2.24, 2.45) is 0 Å². The van der Waals surface area contributed by atoms with Gasteiger partial charge in [-0.1, -0.05) is 17.3 Å². The Hall–Kier alpha value is -2.34. The van der Waals surface area contributed by atoms with Gasteiger partial charge in [-0.25, -0.2) is 9.37 Å². The van der Waals surface area contributed by atoms with Crippen molar-refractivity contribution < 1.29 is 4.39 Å². The first-order valence-electron chi connectivity index (χ1n) is 5.90. The molecule has 1 aromatic carbocycles. The van der Waals surface area contributed by atoms with Crippen molar-refractivity contribution in [3.05, 3.63) is 47.9 Å². The number of aromatic nitrogens is 4. The van der Waals surface area contributed by atoms with Crippen molar-refractivity contribution in [1.82, 2.24) is 25.3 Å². The van der Waals surface area contributed by atoms with E-state index in [0.717, 1.165) is 5.52 Å². The molecule has 0 fully saturated rings. The van der Waals surface area contributed by atoms with Crippen LogP contribution >= 0.6 is 0 Å². The van der Waals surface area contributed by atoms with Crippen LogP contribution in [-0.2, 0) is 6.54 Å². The molecule has 3 rings (SSSR count). The maximum Gasteiger partial charge on any atom is 0.192 e. The molecule has 0 unspecified atom stereocenters. The third-order valence-electron chi connectivity index (χ3n) is 2.87. The number of nitrogens with one attached hydrogen (secondary N) is 1. The van der Waals surface area contributed by atoms with E-state index in [2.05, 4.69) is 20.6 Å². The predicted octanol–water partition coefficient (Wildman–Crippen LogP) is 1.67. The van der Waals surface area contributed by atoms with Gasteiger partial charge < -0.3 is 5.32 Å². The SMILES string of the molecule is CNCc1ccnc(-n2nnc3ccccc32)c1F. The molecule has 0 aliphatic heterocycles. The lowest BCUT2D eigenvalue weighted by Crippen LogP contribution is -2.11. The van der Waals surface area contributed by atoms with E-state index in [1.165, 1.54) is 4.68 Å². The second-order valence-corrected chi connectivity index (χ2v) is 4.13. The Morgan fingerprint density at radius 2 is 2.11 bits per heavy atom. The van der Waals surface area contributed by atoms with E-state index < -0.39 is 0 Å². The number of rotatable bonds is 3.